The standard InChI is InChI=1S/C36H44Br2N4O8S/c1-5-21-17-36(21,33(45)41-51(47,48)23-10-11-23)18-27(43)26-16-22-19-42(26)32(44)30(35(2,3)4)40-34(46)49-14-8-6-7-9-20-15-25(37)24-12-13-39-31(50-22)28(24)29(20)38/h5,12-13,15,21-23,26,30H,1,6-11,14,16-19H2,2-4H3,(H,40,46)(H,41,45)/t21-,22-,26+,30-,36-/m1/s1. The van der Waals surface area contributed by atoms with Crippen LogP contribution in [-0.4, -0.2) is 78.6 Å². The van der Waals surface area contributed by atoms with Crippen LogP contribution in [-0.2, 0) is 35.6 Å². The Morgan fingerprint density at radius 3 is 2.61 bits per heavy atom. The molecule has 2 aliphatic carbocycles. The second-order valence-electron chi connectivity index (χ2n) is 15.3. The summed E-state index contributed by atoms with van der Waals surface area (Å²) in [4.78, 5) is 61.4. The highest BCUT2D eigenvalue weighted by molar-refractivity contribution is 9.11. The SMILES string of the molecule is C=C[C@@H]1C[C@]1(CC(=O)[C@@H]1C[C@@H]2CN1C(=O)[C@H](C(C)(C)C)NC(=O)OCCCCCc1cc(Br)c3ccnc(c3c1Br)O2)C(=O)NS(=O)(=O)C1CC1. The lowest BCUT2D eigenvalue weighted by molar-refractivity contribution is -0.142. The number of nitrogens with zero attached hydrogens (tertiary/aromatic N) is 2. The van der Waals surface area contributed by atoms with Crippen molar-refractivity contribution < 1.29 is 37.1 Å². The minimum atomic E-state index is -3.85. The van der Waals surface area contributed by atoms with Gasteiger partial charge in [0.2, 0.25) is 27.7 Å². The number of fused-ring (bicyclic) bond motifs is 3. The fourth-order valence-electron chi connectivity index (χ4n) is 7.21. The zero-order chi connectivity index (χ0) is 36.9. The van der Waals surface area contributed by atoms with Crippen LogP contribution in [0.1, 0.15) is 77.7 Å². The number of ketones is 1. The molecule has 2 saturated carbocycles. The van der Waals surface area contributed by atoms with Gasteiger partial charge in [-0.2, -0.15) is 0 Å². The molecule has 276 valence electrons. The van der Waals surface area contributed by atoms with E-state index in [1.807, 2.05) is 26.8 Å². The number of pyridine rings is 1. The summed E-state index contributed by atoms with van der Waals surface area (Å²) in [6.45, 7) is 9.44. The number of rotatable bonds is 7. The highest BCUT2D eigenvalue weighted by Crippen LogP contribution is 2.57. The van der Waals surface area contributed by atoms with Crippen LogP contribution in [0, 0.1) is 16.7 Å². The summed E-state index contributed by atoms with van der Waals surface area (Å²) in [7, 11) is -3.85. The number of allylic oxidation sites excluding steroid dienone is 1. The number of amides is 3. The predicted octanol–water partition coefficient (Wildman–Crippen LogP) is 5.74. The number of hydrogen-bond donors (Lipinski definition) is 2. The minimum Gasteiger partial charge on any atom is -0.472 e. The van der Waals surface area contributed by atoms with Crippen molar-refractivity contribution in [2.75, 3.05) is 13.2 Å². The van der Waals surface area contributed by atoms with Crippen LogP contribution in [0.3, 0.4) is 0 Å². The number of hydrogen-bond acceptors (Lipinski definition) is 9. The summed E-state index contributed by atoms with van der Waals surface area (Å²) in [6.07, 6.45) is 5.90. The van der Waals surface area contributed by atoms with Crippen LogP contribution in [0.15, 0.2) is 39.9 Å². The van der Waals surface area contributed by atoms with Gasteiger partial charge in [-0.25, -0.2) is 18.2 Å². The van der Waals surface area contributed by atoms with E-state index in [1.165, 1.54) is 4.90 Å². The monoisotopic (exact) mass is 850 g/mol. The number of carbonyl (C=O) groups excluding carboxylic acids is 4. The second kappa shape index (κ2) is 14.4. The second-order valence-corrected chi connectivity index (χ2v) is 18.9. The zero-order valence-corrected chi connectivity index (χ0v) is 33.0. The Bertz CT molecular complexity index is 1880. The maximum absolute atomic E-state index is 14.5. The number of cyclic esters (lactones) is 1. The van der Waals surface area contributed by atoms with Gasteiger partial charge in [-0.05, 0) is 89.9 Å². The average Bonchev–Trinajstić information content (AvgIpc) is 3.99. The molecule has 4 aliphatic rings. The first-order chi connectivity index (χ1) is 24.1. The molecule has 15 heteroatoms. The van der Waals surface area contributed by atoms with Crippen LogP contribution in [0.2, 0.25) is 0 Å². The number of aryl methyl sites for hydroxylation is 1. The lowest BCUT2D eigenvalue weighted by atomic mass is 9.85. The molecule has 0 unspecified atom stereocenters. The van der Waals surface area contributed by atoms with E-state index < -0.39 is 73.9 Å². The van der Waals surface area contributed by atoms with Crippen molar-refractivity contribution in [2.45, 2.75) is 102 Å². The molecule has 2 N–H and O–H groups in total. The number of nitrogens with one attached hydrogen (secondary N) is 2. The molecule has 1 aromatic heterocycles. The quantitative estimate of drug-likeness (QED) is 0.332. The van der Waals surface area contributed by atoms with E-state index in [-0.39, 0.29) is 32.4 Å². The first-order valence-corrected chi connectivity index (χ1v) is 20.6. The lowest BCUT2D eigenvalue weighted by Crippen LogP contribution is -2.57. The summed E-state index contributed by atoms with van der Waals surface area (Å²) in [5.74, 6) is -1.68. The van der Waals surface area contributed by atoms with Crippen molar-refractivity contribution in [2.24, 2.45) is 16.7 Å². The van der Waals surface area contributed by atoms with E-state index in [0.717, 1.165) is 44.5 Å². The molecule has 2 aliphatic heterocycles. The molecule has 3 amide bonds. The number of halogens is 2. The number of benzene rings is 1. The summed E-state index contributed by atoms with van der Waals surface area (Å²) < 4.78 is 41.4. The molecule has 3 fully saturated rings. The topological polar surface area (TPSA) is 161 Å². The van der Waals surface area contributed by atoms with Crippen molar-refractivity contribution in [3.05, 3.63) is 45.5 Å². The first-order valence-electron chi connectivity index (χ1n) is 17.4. The van der Waals surface area contributed by atoms with Crippen molar-refractivity contribution in [1.29, 1.82) is 0 Å². The molecule has 0 radical (unpaired) electrons. The molecule has 6 rings (SSSR count). The fraction of sp³-hybridized carbons (Fsp3) is 0.583. The van der Waals surface area contributed by atoms with Gasteiger partial charge in [0.1, 0.15) is 12.1 Å². The van der Waals surface area contributed by atoms with Crippen molar-refractivity contribution >= 4 is 76.3 Å². The molecule has 4 bridgehead atoms. The van der Waals surface area contributed by atoms with Crippen LogP contribution in [0.4, 0.5) is 4.79 Å². The molecule has 0 spiro atoms. The minimum absolute atomic E-state index is 0.00916. The van der Waals surface area contributed by atoms with E-state index in [1.54, 1.807) is 12.3 Å². The molecule has 1 aromatic carbocycles. The van der Waals surface area contributed by atoms with E-state index in [2.05, 4.69) is 59.5 Å². The fourth-order valence-corrected chi connectivity index (χ4v) is 9.90. The third kappa shape index (κ3) is 7.85. The number of Topliss-reactive ketones (excluding diaryl/α,β-unsaturated/α-hetero) is 1. The molecule has 2 aromatic rings. The maximum atomic E-state index is 14.5. The third-order valence-electron chi connectivity index (χ3n) is 10.4. The van der Waals surface area contributed by atoms with Gasteiger partial charge >= 0.3 is 6.09 Å². The smallest absolute Gasteiger partial charge is 0.407 e. The largest absolute Gasteiger partial charge is 0.472 e. The molecular formula is C36H44Br2N4O8S. The Hall–Kier alpha value is -3.04. The van der Waals surface area contributed by atoms with Gasteiger partial charge in [-0.15, -0.1) is 6.58 Å². The van der Waals surface area contributed by atoms with Crippen LogP contribution in [0.5, 0.6) is 5.88 Å². The summed E-state index contributed by atoms with van der Waals surface area (Å²) in [6, 6.07) is 1.87. The first kappa shape index (κ1) is 37.7. The normalized spacial score (nSPS) is 27.5. The molecule has 12 nitrogen and oxygen atoms in total. The Labute approximate surface area is 315 Å². The number of ether oxygens (including phenoxy) is 2. The van der Waals surface area contributed by atoms with E-state index >= 15 is 0 Å². The Kier molecular flexibility index (Phi) is 10.7. The predicted molar refractivity (Wildman–Crippen MR) is 197 cm³/mol. The van der Waals surface area contributed by atoms with Crippen molar-refractivity contribution in [1.82, 2.24) is 19.9 Å². The van der Waals surface area contributed by atoms with Gasteiger partial charge < -0.3 is 19.7 Å². The molecular weight excluding hydrogens is 808 g/mol. The van der Waals surface area contributed by atoms with Crippen LogP contribution < -0.4 is 14.8 Å². The third-order valence-corrected chi connectivity index (χ3v) is 13.8. The van der Waals surface area contributed by atoms with Gasteiger partial charge in [-0.3, -0.25) is 19.1 Å². The number of aromatic nitrogens is 1. The highest BCUT2D eigenvalue weighted by atomic mass is 79.9. The van der Waals surface area contributed by atoms with Gasteiger partial charge in [0.15, 0.2) is 5.78 Å². The maximum Gasteiger partial charge on any atom is 0.407 e. The zero-order valence-electron chi connectivity index (χ0n) is 29.0. The van der Waals surface area contributed by atoms with Gasteiger partial charge in [0.05, 0.1) is 35.2 Å². The van der Waals surface area contributed by atoms with Crippen molar-refractivity contribution in [3.8, 4) is 5.88 Å². The number of sulfonamides is 1. The van der Waals surface area contributed by atoms with Crippen molar-refractivity contribution in [3.63, 3.8) is 0 Å². The summed E-state index contributed by atoms with van der Waals surface area (Å²) in [5.41, 5.74) is -1.02. The number of alkyl carbamates (subject to hydrolysis) is 1. The average molecular weight is 853 g/mol. The lowest BCUT2D eigenvalue weighted by Gasteiger charge is -2.35. The summed E-state index contributed by atoms with van der Waals surface area (Å²) in [5, 5.41) is 3.79. The summed E-state index contributed by atoms with van der Waals surface area (Å²) >= 11 is 7.51. The molecule has 5 atom stereocenters. The molecule has 3 heterocycles. The van der Waals surface area contributed by atoms with E-state index in [4.69, 9.17) is 9.47 Å². The molecule has 1 saturated heterocycles. The van der Waals surface area contributed by atoms with Gasteiger partial charge in [0, 0.05) is 33.4 Å². The number of carbonyl (C=O) groups is 4. The Morgan fingerprint density at radius 1 is 1.20 bits per heavy atom. The highest BCUT2D eigenvalue weighted by Gasteiger charge is 2.61. The van der Waals surface area contributed by atoms with Crippen LogP contribution >= 0.6 is 31.9 Å². The van der Waals surface area contributed by atoms with E-state index in [0.29, 0.717) is 25.1 Å². The molecule has 51 heavy (non-hydrogen) atoms. The van der Waals surface area contributed by atoms with Gasteiger partial charge in [-0.1, -0.05) is 42.8 Å². The van der Waals surface area contributed by atoms with Crippen LogP contribution in [0.25, 0.3) is 10.8 Å². The Morgan fingerprint density at radius 2 is 1.94 bits per heavy atom. The van der Waals surface area contributed by atoms with Gasteiger partial charge in [0.25, 0.3) is 0 Å². The Balaban J connectivity index is 1.36. The van der Waals surface area contributed by atoms with E-state index in [9.17, 15) is 27.6 Å².